The second-order valence-electron chi connectivity index (χ2n) is 8.60. The topological polar surface area (TPSA) is 13.1 Å². The number of hydrogen-bond donors (Lipinski definition) is 0. The summed E-state index contributed by atoms with van der Waals surface area (Å²) in [7, 11) is 0. The summed E-state index contributed by atoms with van der Waals surface area (Å²) < 4.78 is 5.12. The van der Waals surface area contributed by atoms with Gasteiger partial charge in [0.1, 0.15) is 0 Å². The first-order valence-corrected chi connectivity index (χ1v) is 11.8. The third kappa shape index (κ3) is 14.0. The van der Waals surface area contributed by atoms with Crippen molar-refractivity contribution in [1.29, 1.82) is 0 Å². The zero-order valence-electron chi connectivity index (χ0n) is 20.2. The molecule has 0 saturated heterocycles. The van der Waals surface area contributed by atoms with Crippen molar-refractivity contribution >= 4 is 0 Å². The summed E-state index contributed by atoms with van der Waals surface area (Å²) in [5.74, 6) is 0. The molecule has 1 aromatic heterocycles. The van der Waals surface area contributed by atoms with Crippen molar-refractivity contribution in [1.82, 2.24) is 0 Å². The first-order chi connectivity index (χ1) is 14.5. The second-order valence-corrected chi connectivity index (χ2v) is 8.60. The molecule has 0 amide bonds. The van der Waals surface area contributed by atoms with Gasteiger partial charge in [-0.25, -0.2) is 0 Å². The smallest absolute Gasteiger partial charge is 0.0934 e. The summed E-state index contributed by atoms with van der Waals surface area (Å²) in [6, 6.07) is 2.05. The van der Waals surface area contributed by atoms with E-state index in [1.54, 1.807) is 6.26 Å². The van der Waals surface area contributed by atoms with E-state index in [0.717, 1.165) is 32.1 Å². The van der Waals surface area contributed by atoms with Crippen LogP contribution < -0.4 is 0 Å². The lowest BCUT2D eigenvalue weighted by molar-refractivity contribution is 0.564. The van der Waals surface area contributed by atoms with Gasteiger partial charge in [0.05, 0.1) is 12.5 Å². The number of allylic oxidation sites excluding steroid dienone is 10. The molecule has 0 unspecified atom stereocenters. The standard InChI is InChI=1S/C29H44O/c1-6-7-8-13-25(2)14-9-15-26(3)16-10-17-27(4)18-11-19-28(5)20-12-21-29-22-23-30-24-29/h6-7,14,16,18,20,22-24H,8-13,15,17,19,21H2,1-5H3. The lowest BCUT2D eigenvalue weighted by Gasteiger charge is -2.03. The van der Waals surface area contributed by atoms with Crippen molar-refractivity contribution in [3.8, 4) is 0 Å². The molecule has 1 heterocycles. The molecule has 0 fully saturated rings. The maximum absolute atomic E-state index is 5.12. The van der Waals surface area contributed by atoms with E-state index in [-0.39, 0.29) is 0 Å². The van der Waals surface area contributed by atoms with Gasteiger partial charge in [-0.15, -0.1) is 0 Å². The van der Waals surface area contributed by atoms with Crippen LogP contribution in [0.25, 0.3) is 0 Å². The van der Waals surface area contributed by atoms with Crippen molar-refractivity contribution in [2.24, 2.45) is 0 Å². The van der Waals surface area contributed by atoms with Gasteiger partial charge >= 0.3 is 0 Å². The monoisotopic (exact) mass is 408 g/mol. The van der Waals surface area contributed by atoms with E-state index in [1.165, 1.54) is 60.0 Å². The summed E-state index contributed by atoms with van der Waals surface area (Å²) in [6.07, 6.45) is 29.2. The van der Waals surface area contributed by atoms with E-state index in [2.05, 4.69) is 77.1 Å². The van der Waals surface area contributed by atoms with Crippen molar-refractivity contribution in [3.05, 3.63) is 82.9 Å². The van der Waals surface area contributed by atoms with Crippen molar-refractivity contribution in [2.45, 2.75) is 98.8 Å². The third-order valence-electron chi connectivity index (χ3n) is 5.54. The predicted molar refractivity (Wildman–Crippen MR) is 134 cm³/mol. The number of furan rings is 1. The van der Waals surface area contributed by atoms with Gasteiger partial charge in [0, 0.05) is 0 Å². The fourth-order valence-electron chi connectivity index (χ4n) is 3.44. The third-order valence-corrected chi connectivity index (χ3v) is 5.54. The van der Waals surface area contributed by atoms with Crippen molar-refractivity contribution in [2.75, 3.05) is 0 Å². The molecule has 0 aliphatic heterocycles. The minimum Gasteiger partial charge on any atom is -0.472 e. The summed E-state index contributed by atoms with van der Waals surface area (Å²) in [4.78, 5) is 0. The summed E-state index contributed by atoms with van der Waals surface area (Å²) in [5, 5.41) is 0. The normalized spacial score (nSPS) is 14.2. The molecule has 1 rings (SSSR count). The molecule has 166 valence electrons. The molecule has 0 N–H and O–H groups in total. The summed E-state index contributed by atoms with van der Waals surface area (Å²) in [6.45, 7) is 11.2. The minimum absolute atomic E-state index is 1.07. The zero-order chi connectivity index (χ0) is 22.0. The molecule has 1 heteroatoms. The fraction of sp³-hybridized carbons (Fsp3) is 0.517. The number of rotatable bonds is 15. The van der Waals surface area contributed by atoms with Crippen LogP contribution in [0, 0.1) is 0 Å². The Morgan fingerprint density at radius 1 is 0.700 bits per heavy atom. The molecule has 0 aromatic carbocycles. The Kier molecular flexibility index (Phi) is 14.5. The first-order valence-electron chi connectivity index (χ1n) is 11.8. The van der Waals surface area contributed by atoms with Gasteiger partial charge in [-0.3, -0.25) is 0 Å². The van der Waals surface area contributed by atoms with E-state index < -0.39 is 0 Å². The van der Waals surface area contributed by atoms with Gasteiger partial charge in [0.2, 0.25) is 0 Å². The Labute approximate surface area is 186 Å². The Balaban J connectivity index is 2.18. The van der Waals surface area contributed by atoms with Crippen LogP contribution in [0.3, 0.4) is 0 Å². The Morgan fingerprint density at radius 2 is 1.17 bits per heavy atom. The number of aryl methyl sites for hydroxylation is 1. The lowest BCUT2D eigenvalue weighted by atomic mass is 10.0. The highest BCUT2D eigenvalue weighted by atomic mass is 16.3. The van der Waals surface area contributed by atoms with Crippen LogP contribution in [0.15, 0.2) is 81.8 Å². The van der Waals surface area contributed by atoms with Crippen molar-refractivity contribution < 1.29 is 4.42 Å². The molecule has 0 bridgehead atoms. The highest BCUT2D eigenvalue weighted by Gasteiger charge is 1.96. The highest BCUT2D eigenvalue weighted by molar-refractivity contribution is 5.10. The van der Waals surface area contributed by atoms with Gasteiger partial charge in [-0.2, -0.15) is 0 Å². The van der Waals surface area contributed by atoms with E-state index in [1.807, 2.05) is 6.26 Å². The van der Waals surface area contributed by atoms with Crippen LogP contribution in [0.2, 0.25) is 0 Å². The van der Waals surface area contributed by atoms with Crippen LogP contribution in [0.1, 0.15) is 98.0 Å². The molecule has 1 nitrogen and oxygen atoms in total. The molecule has 0 atom stereocenters. The zero-order valence-corrected chi connectivity index (χ0v) is 20.2. The van der Waals surface area contributed by atoms with E-state index in [4.69, 9.17) is 4.42 Å². The molecular weight excluding hydrogens is 364 g/mol. The Bertz CT molecular complexity index is 708. The van der Waals surface area contributed by atoms with Crippen LogP contribution >= 0.6 is 0 Å². The molecule has 0 spiro atoms. The lowest BCUT2D eigenvalue weighted by Crippen LogP contribution is -1.83. The Hall–Kier alpha value is -2.02. The van der Waals surface area contributed by atoms with Gasteiger partial charge < -0.3 is 4.42 Å². The van der Waals surface area contributed by atoms with E-state index >= 15 is 0 Å². The molecule has 30 heavy (non-hydrogen) atoms. The SMILES string of the molecule is CC=CCCC(C)=CCCC(C)=CCCC(C)=CCCC(C)=CCCc1ccoc1. The highest BCUT2D eigenvalue weighted by Crippen LogP contribution is 2.15. The van der Waals surface area contributed by atoms with Crippen LogP contribution in [-0.4, -0.2) is 0 Å². The molecule has 0 saturated carbocycles. The van der Waals surface area contributed by atoms with Crippen molar-refractivity contribution in [3.63, 3.8) is 0 Å². The minimum atomic E-state index is 1.07. The molecule has 0 aliphatic rings. The maximum Gasteiger partial charge on any atom is 0.0934 e. The van der Waals surface area contributed by atoms with E-state index in [0.29, 0.717) is 0 Å². The average molecular weight is 409 g/mol. The number of hydrogen-bond acceptors (Lipinski definition) is 1. The van der Waals surface area contributed by atoms with Crippen LogP contribution in [0.4, 0.5) is 0 Å². The first kappa shape index (κ1) is 26.0. The molecule has 0 aliphatic carbocycles. The molecular formula is C29H44O. The van der Waals surface area contributed by atoms with Crippen LogP contribution in [-0.2, 0) is 6.42 Å². The van der Waals surface area contributed by atoms with Gasteiger partial charge in [-0.05, 0) is 110 Å². The Morgan fingerprint density at radius 3 is 1.60 bits per heavy atom. The fourth-order valence-corrected chi connectivity index (χ4v) is 3.44. The van der Waals surface area contributed by atoms with E-state index in [9.17, 15) is 0 Å². The quantitative estimate of drug-likeness (QED) is 0.263. The predicted octanol–water partition coefficient (Wildman–Crippen LogP) is 9.69. The van der Waals surface area contributed by atoms with Crippen LogP contribution in [0.5, 0.6) is 0 Å². The summed E-state index contributed by atoms with van der Waals surface area (Å²) in [5.41, 5.74) is 7.34. The maximum atomic E-state index is 5.12. The van der Waals surface area contributed by atoms with Gasteiger partial charge in [0.15, 0.2) is 0 Å². The largest absolute Gasteiger partial charge is 0.472 e. The molecule has 0 radical (unpaired) electrons. The van der Waals surface area contributed by atoms with Gasteiger partial charge in [0.25, 0.3) is 0 Å². The second kappa shape index (κ2) is 16.7. The average Bonchev–Trinajstić information content (AvgIpc) is 3.22. The molecule has 1 aromatic rings. The van der Waals surface area contributed by atoms with Gasteiger partial charge in [-0.1, -0.05) is 58.7 Å². The summed E-state index contributed by atoms with van der Waals surface area (Å²) >= 11 is 0.